The van der Waals surface area contributed by atoms with Gasteiger partial charge in [0.1, 0.15) is 0 Å². The lowest BCUT2D eigenvalue weighted by atomic mass is 9.89. The zero-order chi connectivity index (χ0) is 31.2. The summed E-state index contributed by atoms with van der Waals surface area (Å²) in [6.45, 7) is 4.45. The first-order valence-electron chi connectivity index (χ1n) is 15.9. The van der Waals surface area contributed by atoms with Gasteiger partial charge in [-0.1, -0.05) is 85.8 Å². The Hall–Kier alpha value is -3.85. The van der Waals surface area contributed by atoms with Crippen LogP contribution in [0.3, 0.4) is 0 Å². The van der Waals surface area contributed by atoms with Crippen molar-refractivity contribution in [2.75, 3.05) is 19.7 Å². The summed E-state index contributed by atoms with van der Waals surface area (Å²) < 4.78 is 13.4. The van der Waals surface area contributed by atoms with Crippen molar-refractivity contribution in [3.63, 3.8) is 0 Å². The molecule has 3 N–H and O–H groups in total. The lowest BCUT2D eigenvalue weighted by Gasteiger charge is -2.43. The number of hydrogen-bond donors (Lipinski definition) is 3. The van der Waals surface area contributed by atoms with Crippen LogP contribution in [0.15, 0.2) is 103 Å². The molecule has 0 spiro atoms. The van der Waals surface area contributed by atoms with Gasteiger partial charge in [0.05, 0.1) is 25.4 Å². The van der Waals surface area contributed by atoms with Crippen LogP contribution in [0.25, 0.3) is 11.1 Å². The van der Waals surface area contributed by atoms with Gasteiger partial charge in [0.2, 0.25) is 0 Å². The van der Waals surface area contributed by atoms with Crippen LogP contribution < -0.4 is 5.32 Å². The van der Waals surface area contributed by atoms with Gasteiger partial charge in [-0.15, -0.1) is 0 Å². The normalized spacial score (nSPS) is 23.6. The van der Waals surface area contributed by atoms with E-state index in [0.29, 0.717) is 12.1 Å². The summed E-state index contributed by atoms with van der Waals surface area (Å²) in [5.74, 6) is -0.0229. The molecule has 234 valence electrons. The number of carbonyl (C=O) groups is 1. The second-order valence-corrected chi connectivity index (χ2v) is 12.2. The van der Waals surface area contributed by atoms with Gasteiger partial charge in [-0.25, -0.2) is 0 Å². The van der Waals surface area contributed by atoms with Crippen molar-refractivity contribution in [1.29, 1.82) is 0 Å². The number of nitrogens with one attached hydrogen (secondary N) is 1. The third kappa shape index (κ3) is 7.35. The standard InChI is InChI=1S/C38H42N2O5/c1-26-35(23-40-19-7-14-34(40)25-42)44-38(45-36(26)29-17-15-27(24-41)16-18-29)33-13-6-12-32(21-33)31-11-5-8-28(20-31)22-39-37(43)30-9-3-2-4-10-30/h2-6,8-13,15-18,20-21,26,34-36,38,41-42H,7,14,19,22-25H2,1H3,(H,39,43)/t26-,34+,35+,36+,38+/m1/s1. The van der Waals surface area contributed by atoms with Gasteiger partial charge in [0.15, 0.2) is 6.29 Å². The van der Waals surface area contributed by atoms with Crippen LogP contribution in [0, 0.1) is 5.92 Å². The molecule has 0 radical (unpaired) electrons. The smallest absolute Gasteiger partial charge is 0.251 e. The van der Waals surface area contributed by atoms with Crippen LogP contribution in [0.2, 0.25) is 0 Å². The fraction of sp³-hybridized carbons (Fsp3) is 0.342. The molecule has 5 atom stereocenters. The molecule has 2 fully saturated rings. The molecule has 2 aliphatic heterocycles. The van der Waals surface area contributed by atoms with E-state index in [4.69, 9.17) is 9.47 Å². The molecule has 0 unspecified atom stereocenters. The fourth-order valence-corrected chi connectivity index (χ4v) is 6.50. The predicted octanol–water partition coefficient (Wildman–Crippen LogP) is 6.02. The lowest BCUT2D eigenvalue weighted by Crippen LogP contribution is -2.46. The Bertz CT molecular complexity index is 1560. The van der Waals surface area contributed by atoms with Crippen molar-refractivity contribution in [2.24, 2.45) is 5.92 Å². The van der Waals surface area contributed by atoms with Gasteiger partial charge in [-0.2, -0.15) is 0 Å². The van der Waals surface area contributed by atoms with Gasteiger partial charge < -0.3 is 25.0 Å². The molecule has 2 heterocycles. The second-order valence-electron chi connectivity index (χ2n) is 12.2. The van der Waals surface area contributed by atoms with E-state index in [1.165, 1.54) is 0 Å². The number of benzene rings is 4. The monoisotopic (exact) mass is 606 g/mol. The number of rotatable bonds is 10. The number of carbonyl (C=O) groups excluding carboxylic acids is 1. The maximum atomic E-state index is 12.6. The van der Waals surface area contributed by atoms with Crippen molar-refractivity contribution in [2.45, 2.75) is 57.5 Å². The summed E-state index contributed by atoms with van der Waals surface area (Å²) in [6, 6.07) is 33.8. The molecule has 2 saturated heterocycles. The number of ether oxygens (including phenoxy) is 2. The molecule has 1 amide bonds. The van der Waals surface area contributed by atoms with Crippen LogP contribution in [0.5, 0.6) is 0 Å². The third-order valence-corrected chi connectivity index (χ3v) is 9.16. The Labute approximate surface area is 265 Å². The zero-order valence-electron chi connectivity index (χ0n) is 25.7. The summed E-state index contributed by atoms with van der Waals surface area (Å²) in [6.07, 6.45) is 1.21. The van der Waals surface area contributed by atoms with Crippen LogP contribution in [-0.2, 0) is 22.6 Å². The summed E-state index contributed by atoms with van der Waals surface area (Å²) in [5, 5.41) is 22.6. The Morgan fingerprint density at radius 2 is 1.60 bits per heavy atom. The minimum Gasteiger partial charge on any atom is -0.395 e. The van der Waals surface area contributed by atoms with Crippen molar-refractivity contribution >= 4 is 5.91 Å². The second kappa shape index (κ2) is 14.5. The highest BCUT2D eigenvalue weighted by Gasteiger charge is 2.40. The van der Waals surface area contributed by atoms with Crippen LogP contribution >= 0.6 is 0 Å². The third-order valence-electron chi connectivity index (χ3n) is 9.16. The molecule has 2 aliphatic rings. The number of aliphatic hydroxyl groups excluding tert-OH is 2. The number of hydrogen-bond acceptors (Lipinski definition) is 6. The first-order valence-corrected chi connectivity index (χ1v) is 15.9. The Morgan fingerprint density at radius 1 is 0.844 bits per heavy atom. The van der Waals surface area contributed by atoms with E-state index in [1.54, 1.807) is 0 Å². The topological polar surface area (TPSA) is 91.3 Å². The Morgan fingerprint density at radius 3 is 2.36 bits per heavy atom. The largest absolute Gasteiger partial charge is 0.395 e. The average Bonchev–Trinajstić information content (AvgIpc) is 3.56. The molecule has 4 aromatic carbocycles. The summed E-state index contributed by atoms with van der Waals surface area (Å²) in [5.41, 5.74) is 6.59. The van der Waals surface area contributed by atoms with Crippen molar-refractivity contribution in [3.05, 3.63) is 131 Å². The van der Waals surface area contributed by atoms with Gasteiger partial charge in [0, 0.05) is 36.2 Å². The summed E-state index contributed by atoms with van der Waals surface area (Å²) >= 11 is 0. The molecule has 0 saturated carbocycles. The summed E-state index contributed by atoms with van der Waals surface area (Å²) in [4.78, 5) is 14.9. The highest BCUT2D eigenvalue weighted by Crippen LogP contribution is 2.43. The predicted molar refractivity (Wildman–Crippen MR) is 174 cm³/mol. The number of likely N-dealkylation sites (tertiary alicyclic amines) is 1. The molecule has 0 aromatic heterocycles. The van der Waals surface area contributed by atoms with E-state index >= 15 is 0 Å². The quantitative estimate of drug-likeness (QED) is 0.204. The van der Waals surface area contributed by atoms with Crippen LogP contribution in [0.1, 0.15) is 64.8 Å². The first kappa shape index (κ1) is 31.1. The highest BCUT2D eigenvalue weighted by atomic mass is 16.7. The molecule has 45 heavy (non-hydrogen) atoms. The van der Waals surface area contributed by atoms with Crippen LogP contribution in [0.4, 0.5) is 0 Å². The lowest BCUT2D eigenvalue weighted by molar-refractivity contribution is -0.276. The number of amides is 1. The van der Waals surface area contributed by atoms with E-state index < -0.39 is 6.29 Å². The SMILES string of the molecule is C[C@@H]1[C@H](CN2CCC[C@H]2CO)O[C@H](c2cccc(-c3cccc(CNC(=O)c4ccccc4)c3)c2)O[C@@H]1c1ccc(CO)cc1. The highest BCUT2D eigenvalue weighted by molar-refractivity contribution is 5.94. The van der Waals surface area contributed by atoms with Crippen molar-refractivity contribution < 1.29 is 24.5 Å². The molecule has 0 aliphatic carbocycles. The van der Waals surface area contributed by atoms with Crippen LogP contribution in [-0.4, -0.2) is 52.9 Å². The first-order chi connectivity index (χ1) is 22.0. The Balaban J connectivity index is 1.23. The molecule has 4 aromatic rings. The maximum Gasteiger partial charge on any atom is 0.251 e. The molecule has 0 bridgehead atoms. The minimum atomic E-state index is -0.572. The van der Waals surface area contributed by atoms with E-state index in [-0.39, 0.29) is 43.3 Å². The van der Waals surface area contributed by atoms with Crippen molar-refractivity contribution in [3.8, 4) is 11.1 Å². The maximum absolute atomic E-state index is 12.6. The van der Waals surface area contributed by atoms with Crippen molar-refractivity contribution in [1.82, 2.24) is 10.2 Å². The number of aliphatic hydroxyl groups is 2. The molecular formula is C38H42N2O5. The van der Waals surface area contributed by atoms with Gasteiger partial charge >= 0.3 is 0 Å². The fourth-order valence-electron chi connectivity index (χ4n) is 6.50. The number of nitrogens with zero attached hydrogens (tertiary/aromatic N) is 1. The van der Waals surface area contributed by atoms with E-state index in [0.717, 1.165) is 59.3 Å². The van der Waals surface area contributed by atoms with Gasteiger partial charge in [-0.05, 0) is 71.5 Å². The van der Waals surface area contributed by atoms with Gasteiger partial charge in [0.25, 0.3) is 5.91 Å². The van der Waals surface area contributed by atoms with Gasteiger partial charge in [-0.3, -0.25) is 9.69 Å². The molecular weight excluding hydrogens is 564 g/mol. The average molecular weight is 607 g/mol. The van der Waals surface area contributed by atoms with E-state index in [2.05, 4.69) is 41.4 Å². The Kier molecular flexibility index (Phi) is 10.0. The summed E-state index contributed by atoms with van der Waals surface area (Å²) in [7, 11) is 0. The minimum absolute atomic E-state index is 0.000611. The molecule has 7 nitrogen and oxygen atoms in total. The zero-order valence-corrected chi connectivity index (χ0v) is 25.7. The molecule has 6 rings (SSSR count). The molecule has 7 heteroatoms. The van der Waals surface area contributed by atoms with E-state index in [1.807, 2.05) is 78.9 Å². The van der Waals surface area contributed by atoms with E-state index in [9.17, 15) is 15.0 Å².